The van der Waals surface area contributed by atoms with Gasteiger partial charge in [0.15, 0.2) is 11.5 Å². The Kier molecular flexibility index (Phi) is 4.71. The van der Waals surface area contributed by atoms with Crippen LogP contribution in [-0.4, -0.2) is 35.7 Å². The molecule has 2 aromatic rings. The van der Waals surface area contributed by atoms with E-state index in [1.54, 1.807) is 24.1 Å². The predicted octanol–water partition coefficient (Wildman–Crippen LogP) is 2.81. The molecule has 3 rings (SSSR count). The van der Waals surface area contributed by atoms with Gasteiger partial charge in [-0.2, -0.15) is 0 Å². The molecule has 1 saturated heterocycles. The lowest BCUT2D eigenvalue weighted by atomic mass is 10.0. The molecule has 1 aliphatic heterocycles. The summed E-state index contributed by atoms with van der Waals surface area (Å²) < 4.78 is 23.4. The molecule has 1 atom stereocenters. The molecule has 0 saturated carbocycles. The van der Waals surface area contributed by atoms with Crippen LogP contribution in [0.5, 0.6) is 0 Å². The summed E-state index contributed by atoms with van der Waals surface area (Å²) in [6.45, 7) is 0.971. The Morgan fingerprint density at radius 3 is 3.13 bits per heavy atom. The van der Waals surface area contributed by atoms with Crippen LogP contribution in [0.25, 0.3) is 0 Å². The van der Waals surface area contributed by atoms with E-state index >= 15 is 0 Å². The average Bonchev–Trinajstić information content (AvgIpc) is 3.16. The minimum Gasteiger partial charge on any atom is -0.377 e. The fourth-order valence-electron chi connectivity index (χ4n) is 3.02. The van der Waals surface area contributed by atoms with E-state index in [9.17, 15) is 9.18 Å². The highest BCUT2D eigenvalue weighted by molar-refractivity contribution is 5.92. The van der Waals surface area contributed by atoms with Crippen LogP contribution in [0.4, 0.5) is 4.39 Å². The van der Waals surface area contributed by atoms with Crippen molar-refractivity contribution in [3.05, 3.63) is 53.2 Å². The Hall–Kier alpha value is -2.21. The van der Waals surface area contributed by atoms with Crippen LogP contribution >= 0.6 is 0 Å². The molecule has 23 heavy (non-hydrogen) atoms. The molecule has 0 bridgehead atoms. The maximum absolute atomic E-state index is 13.3. The van der Waals surface area contributed by atoms with Gasteiger partial charge in [-0.1, -0.05) is 17.3 Å². The van der Waals surface area contributed by atoms with Crippen molar-refractivity contribution in [3.63, 3.8) is 0 Å². The van der Waals surface area contributed by atoms with E-state index in [2.05, 4.69) is 5.16 Å². The summed E-state index contributed by atoms with van der Waals surface area (Å²) in [6.07, 6.45) is 2.49. The Labute approximate surface area is 134 Å². The van der Waals surface area contributed by atoms with Crippen molar-refractivity contribution < 1.29 is 18.4 Å². The van der Waals surface area contributed by atoms with Crippen molar-refractivity contribution >= 4 is 5.91 Å². The van der Waals surface area contributed by atoms with Gasteiger partial charge in [0.2, 0.25) is 0 Å². The molecule has 6 heteroatoms. The highest BCUT2D eigenvalue weighted by atomic mass is 19.1. The number of carbonyl (C=O) groups excluding carboxylic acids is 1. The first kappa shape index (κ1) is 15.7. The number of methoxy groups -OCH3 is 1. The van der Waals surface area contributed by atoms with Crippen LogP contribution in [0.1, 0.15) is 34.7 Å². The molecule has 1 aromatic heterocycles. The molecule has 0 spiro atoms. The lowest BCUT2D eigenvalue weighted by Crippen LogP contribution is -2.37. The van der Waals surface area contributed by atoms with Gasteiger partial charge in [-0.25, -0.2) is 4.39 Å². The number of hydrogen-bond donors (Lipinski definition) is 0. The zero-order valence-electron chi connectivity index (χ0n) is 13.0. The SMILES string of the molecule is COCc1cc(C(=O)N2CCC[C@@H]2Cc2cccc(F)c2)no1. The molecule has 122 valence electrons. The number of rotatable bonds is 5. The lowest BCUT2D eigenvalue weighted by Gasteiger charge is -2.23. The summed E-state index contributed by atoms with van der Waals surface area (Å²) in [5.41, 5.74) is 1.19. The smallest absolute Gasteiger partial charge is 0.276 e. The third-order valence-electron chi connectivity index (χ3n) is 4.06. The summed E-state index contributed by atoms with van der Waals surface area (Å²) >= 11 is 0. The van der Waals surface area contributed by atoms with E-state index in [-0.39, 0.29) is 24.4 Å². The highest BCUT2D eigenvalue weighted by Gasteiger charge is 2.31. The fraction of sp³-hybridized carbons (Fsp3) is 0.412. The number of aromatic nitrogens is 1. The van der Waals surface area contributed by atoms with Crippen LogP contribution in [0.15, 0.2) is 34.9 Å². The number of nitrogens with zero attached hydrogens (tertiary/aromatic N) is 2. The zero-order valence-corrected chi connectivity index (χ0v) is 13.0. The predicted molar refractivity (Wildman–Crippen MR) is 81.4 cm³/mol. The molecule has 2 heterocycles. The second-order valence-corrected chi connectivity index (χ2v) is 5.74. The van der Waals surface area contributed by atoms with E-state index in [4.69, 9.17) is 9.26 Å². The van der Waals surface area contributed by atoms with Crippen molar-refractivity contribution in [1.29, 1.82) is 0 Å². The molecule has 1 amide bonds. The molecular weight excluding hydrogens is 299 g/mol. The van der Waals surface area contributed by atoms with Gasteiger partial charge < -0.3 is 14.2 Å². The standard InChI is InChI=1S/C17H19FN2O3/c1-22-11-15-10-16(19-23-15)17(21)20-7-3-6-14(20)9-12-4-2-5-13(18)8-12/h2,4-5,8,10,14H,3,6-7,9,11H2,1H3/t14-/m1/s1. The van der Waals surface area contributed by atoms with E-state index in [0.717, 1.165) is 18.4 Å². The monoisotopic (exact) mass is 318 g/mol. The second kappa shape index (κ2) is 6.91. The minimum absolute atomic E-state index is 0.0619. The molecule has 1 aliphatic rings. The van der Waals surface area contributed by atoms with E-state index in [1.807, 2.05) is 6.07 Å². The van der Waals surface area contributed by atoms with Crippen molar-refractivity contribution in [1.82, 2.24) is 10.1 Å². The highest BCUT2D eigenvalue weighted by Crippen LogP contribution is 2.23. The van der Waals surface area contributed by atoms with Crippen molar-refractivity contribution in [2.75, 3.05) is 13.7 Å². The third kappa shape index (κ3) is 3.59. The molecule has 0 radical (unpaired) electrons. The maximum Gasteiger partial charge on any atom is 0.276 e. The van der Waals surface area contributed by atoms with Crippen molar-refractivity contribution in [3.8, 4) is 0 Å². The van der Waals surface area contributed by atoms with Crippen molar-refractivity contribution in [2.45, 2.75) is 31.9 Å². The third-order valence-corrected chi connectivity index (χ3v) is 4.06. The minimum atomic E-state index is -0.251. The number of ether oxygens (including phenoxy) is 1. The Morgan fingerprint density at radius 2 is 2.35 bits per heavy atom. The summed E-state index contributed by atoms with van der Waals surface area (Å²) in [4.78, 5) is 14.4. The van der Waals surface area contributed by atoms with Crippen LogP contribution in [0, 0.1) is 5.82 Å². The van der Waals surface area contributed by atoms with Crippen LogP contribution in [-0.2, 0) is 17.8 Å². The molecule has 0 unspecified atom stereocenters. The van der Waals surface area contributed by atoms with Gasteiger partial charge in [-0.3, -0.25) is 4.79 Å². The van der Waals surface area contributed by atoms with Gasteiger partial charge in [0.05, 0.1) is 0 Å². The number of carbonyl (C=O) groups is 1. The number of hydrogen-bond acceptors (Lipinski definition) is 4. The lowest BCUT2D eigenvalue weighted by molar-refractivity contribution is 0.0725. The van der Waals surface area contributed by atoms with Gasteiger partial charge >= 0.3 is 0 Å². The fourth-order valence-corrected chi connectivity index (χ4v) is 3.02. The zero-order chi connectivity index (χ0) is 16.2. The summed E-state index contributed by atoms with van der Waals surface area (Å²) in [5.74, 6) is 0.130. The summed E-state index contributed by atoms with van der Waals surface area (Å²) in [6, 6.07) is 8.20. The number of benzene rings is 1. The van der Waals surface area contributed by atoms with Gasteiger partial charge in [0.25, 0.3) is 5.91 Å². The first-order valence-electron chi connectivity index (χ1n) is 7.67. The molecule has 0 aliphatic carbocycles. The van der Waals surface area contributed by atoms with Crippen molar-refractivity contribution in [2.24, 2.45) is 0 Å². The maximum atomic E-state index is 13.3. The van der Waals surface area contributed by atoms with E-state index in [0.29, 0.717) is 24.4 Å². The molecule has 0 N–H and O–H groups in total. The van der Waals surface area contributed by atoms with Gasteiger partial charge in [0, 0.05) is 25.8 Å². The summed E-state index contributed by atoms with van der Waals surface area (Å²) in [7, 11) is 1.56. The van der Waals surface area contributed by atoms with E-state index < -0.39 is 0 Å². The molecule has 1 aromatic carbocycles. The second-order valence-electron chi connectivity index (χ2n) is 5.74. The largest absolute Gasteiger partial charge is 0.377 e. The van der Waals surface area contributed by atoms with Gasteiger partial charge in [-0.15, -0.1) is 0 Å². The van der Waals surface area contributed by atoms with E-state index in [1.165, 1.54) is 12.1 Å². The molecular formula is C17H19FN2O3. The topological polar surface area (TPSA) is 55.6 Å². The molecule has 5 nitrogen and oxygen atoms in total. The first-order chi connectivity index (χ1) is 11.2. The van der Waals surface area contributed by atoms with Gasteiger partial charge in [0.1, 0.15) is 12.4 Å². The summed E-state index contributed by atoms with van der Waals surface area (Å²) in [5, 5.41) is 3.83. The van der Waals surface area contributed by atoms with Gasteiger partial charge in [-0.05, 0) is 37.0 Å². The number of amides is 1. The Balaban J connectivity index is 1.71. The van der Waals surface area contributed by atoms with Crippen LogP contribution in [0.3, 0.4) is 0 Å². The first-order valence-corrected chi connectivity index (χ1v) is 7.67. The Morgan fingerprint density at radius 1 is 1.48 bits per heavy atom. The molecule has 1 fully saturated rings. The quantitative estimate of drug-likeness (QED) is 0.850. The average molecular weight is 318 g/mol. The number of likely N-dealkylation sites (tertiary alicyclic amines) is 1. The Bertz CT molecular complexity index is 686. The van der Waals surface area contributed by atoms with Crippen LogP contribution < -0.4 is 0 Å². The van der Waals surface area contributed by atoms with Crippen LogP contribution in [0.2, 0.25) is 0 Å². The number of halogens is 1. The normalized spacial score (nSPS) is 17.7.